The van der Waals surface area contributed by atoms with Crippen molar-refractivity contribution < 1.29 is 4.79 Å². The molecule has 1 fully saturated rings. The van der Waals surface area contributed by atoms with Crippen LogP contribution in [0.2, 0.25) is 0 Å². The summed E-state index contributed by atoms with van der Waals surface area (Å²) in [5, 5.41) is 5.28. The number of nitrogens with zero attached hydrogens (tertiary/aromatic N) is 3. The summed E-state index contributed by atoms with van der Waals surface area (Å²) >= 11 is 3.35. The number of carbonyl (C=O) groups excluding carboxylic acids is 1. The molecule has 3 rings (SSSR count). The molecule has 108 valence electrons. The molecule has 3 heterocycles. The van der Waals surface area contributed by atoms with Gasteiger partial charge in [0.05, 0.1) is 16.8 Å². The van der Waals surface area contributed by atoms with E-state index in [1.165, 1.54) is 11.3 Å². The number of thiophene rings is 1. The van der Waals surface area contributed by atoms with Crippen molar-refractivity contribution in [2.75, 3.05) is 24.3 Å². The minimum absolute atomic E-state index is 0.0376. The van der Waals surface area contributed by atoms with Crippen LogP contribution >= 0.6 is 23.1 Å². The average Bonchev–Trinajstić information content (AvgIpc) is 3.09. The van der Waals surface area contributed by atoms with Crippen LogP contribution in [0, 0.1) is 6.92 Å². The maximum absolute atomic E-state index is 12.7. The number of thioether (sulfide) groups is 1. The Balaban J connectivity index is 1.99. The molecule has 1 unspecified atom stereocenters. The van der Waals surface area contributed by atoms with Gasteiger partial charge in [0, 0.05) is 25.9 Å². The van der Waals surface area contributed by atoms with Gasteiger partial charge in [-0.1, -0.05) is 0 Å². The summed E-state index contributed by atoms with van der Waals surface area (Å²) in [6.07, 6.45) is 1.07. The Bertz CT molecular complexity index is 670. The maximum Gasteiger partial charge on any atom is 0.266 e. The highest BCUT2D eigenvalue weighted by Crippen LogP contribution is 2.36. The first-order valence-corrected chi connectivity index (χ1v) is 8.54. The molecule has 1 amide bonds. The SMILES string of the molecule is Cc1nn(C)c2sc(C(=O)N(C)C3CCSC3)c(N)c12. The van der Waals surface area contributed by atoms with E-state index in [9.17, 15) is 4.79 Å². The van der Waals surface area contributed by atoms with Gasteiger partial charge in [-0.05, 0) is 19.1 Å². The lowest BCUT2D eigenvalue weighted by Gasteiger charge is -2.23. The van der Waals surface area contributed by atoms with E-state index in [0.717, 1.165) is 33.8 Å². The van der Waals surface area contributed by atoms with Crippen molar-refractivity contribution >= 4 is 44.9 Å². The van der Waals surface area contributed by atoms with E-state index in [1.807, 2.05) is 37.7 Å². The Morgan fingerprint density at radius 2 is 2.30 bits per heavy atom. The molecule has 0 aliphatic carbocycles. The summed E-state index contributed by atoms with van der Waals surface area (Å²) in [6.45, 7) is 1.93. The number of fused-ring (bicyclic) bond motifs is 1. The van der Waals surface area contributed by atoms with Gasteiger partial charge >= 0.3 is 0 Å². The Hall–Kier alpha value is -1.21. The van der Waals surface area contributed by atoms with E-state index in [0.29, 0.717) is 16.6 Å². The van der Waals surface area contributed by atoms with Crippen molar-refractivity contribution in [2.45, 2.75) is 19.4 Å². The summed E-state index contributed by atoms with van der Waals surface area (Å²) in [6, 6.07) is 0.330. The van der Waals surface area contributed by atoms with Crippen LogP contribution in [0.3, 0.4) is 0 Å². The lowest BCUT2D eigenvalue weighted by molar-refractivity contribution is 0.0754. The number of hydrogen-bond acceptors (Lipinski definition) is 5. The molecule has 1 aliphatic heterocycles. The minimum Gasteiger partial charge on any atom is -0.397 e. The van der Waals surface area contributed by atoms with Crippen LogP contribution in [-0.4, -0.2) is 45.2 Å². The summed E-state index contributed by atoms with van der Waals surface area (Å²) in [7, 11) is 3.77. The molecule has 1 atom stereocenters. The lowest BCUT2D eigenvalue weighted by Crippen LogP contribution is -2.36. The van der Waals surface area contributed by atoms with Crippen LogP contribution in [0.15, 0.2) is 0 Å². The average molecular weight is 310 g/mol. The number of hydrogen-bond donors (Lipinski definition) is 1. The third kappa shape index (κ3) is 2.00. The summed E-state index contributed by atoms with van der Waals surface area (Å²) in [5.41, 5.74) is 7.66. The zero-order valence-electron chi connectivity index (χ0n) is 11.8. The van der Waals surface area contributed by atoms with Crippen molar-refractivity contribution in [1.29, 1.82) is 0 Å². The second-order valence-electron chi connectivity index (χ2n) is 5.17. The van der Waals surface area contributed by atoms with Crippen LogP contribution in [0.5, 0.6) is 0 Å². The largest absolute Gasteiger partial charge is 0.397 e. The van der Waals surface area contributed by atoms with Gasteiger partial charge in [0.25, 0.3) is 5.91 Å². The number of anilines is 1. The van der Waals surface area contributed by atoms with E-state index < -0.39 is 0 Å². The van der Waals surface area contributed by atoms with Gasteiger partial charge in [-0.2, -0.15) is 16.9 Å². The predicted molar refractivity (Wildman–Crippen MR) is 85.6 cm³/mol. The molecular formula is C13H18N4OS2. The molecule has 5 nitrogen and oxygen atoms in total. The van der Waals surface area contributed by atoms with E-state index in [2.05, 4.69) is 5.10 Å². The van der Waals surface area contributed by atoms with Crippen LogP contribution in [0.1, 0.15) is 21.8 Å². The Morgan fingerprint density at radius 1 is 1.55 bits per heavy atom. The smallest absolute Gasteiger partial charge is 0.266 e. The molecule has 1 aliphatic rings. The fraction of sp³-hybridized carbons (Fsp3) is 0.538. The fourth-order valence-electron chi connectivity index (χ4n) is 2.64. The highest BCUT2D eigenvalue weighted by Gasteiger charge is 2.28. The van der Waals surface area contributed by atoms with Crippen molar-refractivity contribution in [3.8, 4) is 0 Å². The first-order chi connectivity index (χ1) is 9.50. The van der Waals surface area contributed by atoms with E-state index in [4.69, 9.17) is 5.73 Å². The number of nitrogen functional groups attached to an aromatic ring is 1. The fourth-order valence-corrected chi connectivity index (χ4v) is 5.08. The van der Waals surface area contributed by atoms with Crippen molar-refractivity contribution in [3.63, 3.8) is 0 Å². The molecule has 2 aromatic rings. The third-order valence-electron chi connectivity index (χ3n) is 3.85. The highest BCUT2D eigenvalue weighted by atomic mass is 32.2. The molecule has 2 N–H and O–H groups in total. The monoisotopic (exact) mass is 310 g/mol. The van der Waals surface area contributed by atoms with Gasteiger partial charge < -0.3 is 10.6 Å². The third-order valence-corrected chi connectivity index (χ3v) is 6.26. The molecule has 0 saturated carbocycles. The van der Waals surface area contributed by atoms with Gasteiger partial charge in [0.15, 0.2) is 0 Å². The number of aryl methyl sites for hydroxylation is 2. The second kappa shape index (κ2) is 4.96. The van der Waals surface area contributed by atoms with Gasteiger partial charge in [-0.3, -0.25) is 9.48 Å². The zero-order chi connectivity index (χ0) is 14.4. The zero-order valence-corrected chi connectivity index (χ0v) is 13.5. The van der Waals surface area contributed by atoms with Gasteiger partial charge in [0.1, 0.15) is 9.71 Å². The van der Waals surface area contributed by atoms with Crippen LogP contribution < -0.4 is 5.73 Å². The number of carbonyl (C=O) groups is 1. The number of aromatic nitrogens is 2. The van der Waals surface area contributed by atoms with E-state index in [1.54, 1.807) is 4.68 Å². The van der Waals surface area contributed by atoms with Gasteiger partial charge in [-0.25, -0.2) is 0 Å². The Labute approximate surface area is 126 Å². The highest BCUT2D eigenvalue weighted by molar-refractivity contribution is 7.99. The first kappa shape index (κ1) is 13.8. The van der Waals surface area contributed by atoms with Crippen LogP contribution in [0.25, 0.3) is 10.2 Å². The topological polar surface area (TPSA) is 64.2 Å². The van der Waals surface area contributed by atoms with Crippen molar-refractivity contribution in [3.05, 3.63) is 10.6 Å². The molecule has 20 heavy (non-hydrogen) atoms. The lowest BCUT2D eigenvalue weighted by atomic mass is 10.2. The number of amides is 1. The predicted octanol–water partition coefficient (Wildman–Crippen LogP) is 2.10. The number of nitrogens with two attached hydrogens (primary N) is 1. The molecular weight excluding hydrogens is 292 g/mol. The summed E-state index contributed by atoms with van der Waals surface area (Å²) in [5.74, 6) is 2.19. The Kier molecular flexibility index (Phi) is 3.41. The molecule has 1 saturated heterocycles. The van der Waals surface area contributed by atoms with Crippen molar-refractivity contribution in [1.82, 2.24) is 14.7 Å². The molecule has 0 radical (unpaired) electrons. The molecule has 0 spiro atoms. The summed E-state index contributed by atoms with van der Waals surface area (Å²) in [4.78, 5) is 16.1. The quantitative estimate of drug-likeness (QED) is 0.922. The minimum atomic E-state index is 0.0376. The molecule has 7 heteroatoms. The van der Waals surface area contributed by atoms with E-state index in [-0.39, 0.29) is 5.91 Å². The first-order valence-electron chi connectivity index (χ1n) is 6.57. The van der Waals surface area contributed by atoms with Crippen molar-refractivity contribution in [2.24, 2.45) is 7.05 Å². The van der Waals surface area contributed by atoms with Crippen LogP contribution in [-0.2, 0) is 7.05 Å². The second-order valence-corrected chi connectivity index (χ2v) is 7.32. The number of rotatable bonds is 2. The van der Waals surface area contributed by atoms with Gasteiger partial charge in [0.2, 0.25) is 0 Å². The maximum atomic E-state index is 12.7. The van der Waals surface area contributed by atoms with Crippen LogP contribution in [0.4, 0.5) is 5.69 Å². The molecule has 0 aromatic carbocycles. The summed E-state index contributed by atoms with van der Waals surface area (Å²) < 4.78 is 1.80. The Morgan fingerprint density at radius 3 is 2.90 bits per heavy atom. The molecule has 2 aromatic heterocycles. The molecule has 0 bridgehead atoms. The van der Waals surface area contributed by atoms with Gasteiger partial charge in [-0.15, -0.1) is 11.3 Å². The normalized spacial score (nSPS) is 18.9. The van der Waals surface area contributed by atoms with E-state index >= 15 is 0 Å². The standard InChI is InChI=1S/C13H18N4OS2/c1-7-9-10(14)11(20-13(9)17(3)15-7)12(18)16(2)8-4-5-19-6-8/h8H,4-6,14H2,1-3H3.